The number of primary amides is 2. The predicted octanol–water partition coefficient (Wildman–Crippen LogP) is -3.62. The van der Waals surface area contributed by atoms with Crippen molar-refractivity contribution >= 4 is 87.9 Å². The van der Waals surface area contributed by atoms with E-state index in [1.807, 2.05) is 5.32 Å². The van der Waals surface area contributed by atoms with Gasteiger partial charge in [0.1, 0.15) is 48.3 Å². The maximum atomic E-state index is 14.5. The van der Waals surface area contributed by atoms with E-state index in [0.29, 0.717) is 42.3 Å². The van der Waals surface area contributed by atoms with Crippen molar-refractivity contribution in [3.05, 3.63) is 36.0 Å². The summed E-state index contributed by atoms with van der Waals surface area (Å²) < 4.78 is 0. The number of aliphatic carboxylic acids is 3. The summed E-state index contributed by atoms with van der Waals surface area (Å²) in [6.45, 7) is 8.51. The number of aromatic amines is 1. The van der Waals surface area contributed by atoms with Crippen LogP contribution in [0.3, 0.4) is 0 Å². The second-order valence-electron chi connectivity index (χ2n) is 19.9. The second-order valence-corrected chi connectivity index (χ2v) is 19.9. The van der Waals surface area contributed by atoms with E-state index in [0.717, 1.165) is 0 Å². The lowest BCUT2D eigenvalue weighted by atomic mass is 9.96. The fourth-order valence-electron chi connectivity index (χ4n) is 8.44. The highest BCUT2D eigenvalue weighted by Crippen LogP contribution is 2.20. The molecule has 0 unspecified atom stereocenters. The first-order valence-corrected chi connectivity index (χ1v) is 25.7. The van der Waals surface area contributed by atoms with E-state index in [1.54, 1.807) is 58.2 Å². The van der Waals surface area contributed by atoms with E-state index < -0.39 is 169 Å². The number of carbonyl (C=O) groups excluding carboxylic acids is 10. The number of nitrogens with two attached hydrogens (primary N) is 2. The zero-order valence-corrected chi connectivity index (χ0v) is 44.6. The normalized spacial score (nSPS) is 16.9. The van der Waals surface area contributed by atoms with Crippen molar-refractivity contribution in [2.75, 3.05) is 6.54 Å². The largest absolute Gasteiger partial charge is 0.481 e. The van der Waals surface area contributed by atoms with E-state index in [9.17, 15) is 77.6 Å². The summed E-state index contributed by atoms with van der Waals surface area (Å²) in [6.07, 6.45) is -2.89. The number of carboxylic acids is 3. The number of carboxylic acid groups (broad SMARTS) is 3. The minimum Gasteiger partial charge on any atom is -0.481 e. The van der Waals surface area contributed by atoms with Gasteiger partial charge >= 0.3 is 17.9 Å². The van der Waals surface area contributed by atoms with Crippen molar-refractivity contribution in [1.82, 2.24) is 52.8 Å². The molecule has 3 rings (SSSR count). The van der Waals surface area contributed by atoms with Crippen molar-refractivity contribution < 1.29 is 82.8 Å². The lowest BCUT2D eigenvalue weighted by molar-refractivity contribution is -0.148. The Bertz CT molecular complexity index is 2550. The molecular weight excluding hydrogens is 1040 g/mol. The number of fused-ring (bicyclic) bond motifs is 1. The minimum atomic E-state index is -2.06. The molecule has 1 aromatic carbocycles. The number of aromatic nitrogens is 1. The van der Waals surface area contributed by atoms with Crippen molar-refractivity contribution in [1.29, 1.82) is 0 Å². The van der Waals surface area contributed by atoms with Gasteiger partial charge in [-0.3, -0.25) is 57.5 Å². The highest BCUT2D eigenvalue weighted by Gasteiger charge is 2.38. The molecule has 79 heavy (non-hydrogen) atoms. The molecule has 0 bridgehead atoms. The Labute approximate surface area is 454 Å². The van der Waals surface area contributed by atoms with E-state index in [1.165, 1.54) is 6.92 Å². The van der Waals surface area contributed by atoms with Gasteiger partial charge in [0.25, 0.3) is 0 Å². The summed E-state index contributed by atoms with van der Waals surface area (Å²) in [7, 11) is 0. The molecule has 1 fully saturated rings. The number of aliphatic hydroxyl groups is 1. The summed E-state index contributed by atoms with van der Waals surface area (Å²) in [4.78, 5) is 173. The highest BCUT2D eigenvalue weighted by molar-refractivity contribution is 5.99. The average molecular weight is 1120 g/mol. The third kappa shape index (κ3) is 21.3. The van der Waals surface area contributed by atoms with Crippen LogP contribution < -0.4 is 59.3 Å². The lowest BCUT2D eigenvalue weighted by Crippen LogP contribution is -2.63. The Balaban J connectivity index is 1.96. The molecule has 2 heterocycles. The molecule has 10 amide bonds. The lowest BCUT2D eigenvalue weighted by Gasteiger charge is -2.30. The molecule has 0 saturated carbocycles. The number of amides is 10. The zero-order chi connectivity index (χ0) is 59.3. The van der Waals surface area contributed by atoms with Crippen molar-refractivity contribution in [3.8, 4) is 0 Å². The fraction of sp³-hybridized carbons (Fsp3) is 0.580. The van der Waals surface area contributed by atoms with Gasteiger partial charge in [-0.05, 0) is 69.0 Å². The minimum absolute atomic E-state index is 0.105. The van der Waals surface area contributed by atoms with Gasteiger partial charge in [-0.15, -0.1) is 0 Å². The van der Waals surface area contributed by atoms with Crippen LogP contribution in [0.1, 0.15) is 104 Å². The van der Waals surface area contributed by atoms with Crippen molar-refractivity contribution in [3.63, 3.8) is 0 Å². The van der Waals surface area contributed by atoms with Crippen molar-refractivity contribution in [2.24, 2.45) is 23.3 Å². The van der Waals surface area contributed by atoms with Crippen LogP contribution in [-0.4, -0.2) is 169 Å². The molecule has 2 aromatic rings. The van der Waals surface area contributed by atoms with Gasteiger partial charge in [0, 0.05) is 36.4 Å². The molecule has 1 aromatic heterocycles. The van der Waals surface area contributed by atoms with Crippen LogP contribution in [0.2, 0.25) is 0 Å². The van der Waals surface area contributed by atoms with Crippen LogP contribution in [0, 0.1) is 11.8 Å². The zero-order valence-electron chi connectivity index (χ0n) is 44.6. The van der Waals surface area contributed by atoms with Crippen LogP contribution in [0.5, 0.6) is 0 Å². The van der Waals surface area contributed by atoms with Gasteiger partial charge in [0.05, 0.1) is 25.0 Å². The van der Waals surface area contributed by atoms with E-state index in [2.05, 4.69) is 47.5 Å². The molecule has 29 nitrogen and oxygen atoms in total. The first-order chi connectivity index (χ1) is 37.1. The molecule has 0 spiro atoms. The average Bonchev–Trinajstić information content (AvgIpc) is 4.06. The number of rotatable bonds is 34. The Morgan fingerprint density at radius 3 is 1.63 bits per heavy atom. The van der Waals surface area contributed by atoms with Crippen LogP contribution in [0.15, 0.2) is 30.5 Å². The standard InChI is InChI=1S/C50H74N12O17/c1-6-24(4)40(61-44(72)31(14-16-37(52)65)55-42(70)29-12-9-17-53-29)48(76)62-41(25(5)63)49(77)59-32(18-23(2)3)45(73)57-33(19-26-22-54-28-11-8-7-10-27(26)28)46(74)56-30(13-15-36(51)64)43(71)58-34(20-38(66)67)47(75)60-35(50(78)79)21-39(68)69/h7-8,10-11,22-25,29-35,40-41,53-54,63H,6,9,12-21H2,1-5H3,(H2,51,64)(H2,52,65)(H,55,70)(H,56,74)(H,57,73)(H,58,71)(H,59,77)(H,60,75)(H,61,72)(H,62,76)(H,66,67)(H,68,69)(H,78,79)/t24-,25+,29-,30-,31-,32-,33-,34-,35-,40-,41-/m0/s1. The monoisotopic (exact) mass is 1110 g/mol. The molecule has 1 saturated heterocycles. The molecule has 29 heteroatoms. The third-order valence-corrected chi connectivity index (χ3v) is 12.9. The van der Waals surface area contributed by atoms with Crippen molar-refractivity contribution in [2.45, 2.75) is 166 Å². The summed E-state index contributed by atoms with van der Waals surface area (Å²) in [5, 5.41) is 61.8. The summed E-state index contributed by atoms with van der Waals surface area (Å²) in [6, 6.07) is -7.22. The molecule has 11 atom stereocenters. The number of hydrogen-bond donors (Lipinski definition) is 16. The second kappa shape index (κ2) is 31.3. The van der Waals surface area contributed by atoms with Gasteiger partial charge in [0.2, 0.25) is 59.1 Å². The first-order valence-electron chi connectivity index (χ1n) is 25.7. The molecule has 0 radical (unpaired) electrons. The Hall–Kier alpha value is -8.21. The summed E-state index contributed by atoms with van der Waals surface area (Å²) in [5.74, 6) is -15.9. The van der Waals surface area contributed by atoms with Gasteiger partial charge in [-0.1, -0.05) is 52.3 Å². The Morgan fingerprint density at radius 2 is 1.09 bits per heavy atom. The van der Waals surface area contributed by atoms with E-state index in [4.69, 9.17) is 16.6 Å². The fourth-order valence-corrected chi connectivity index (χ4v) is 8.44. The van der Waals surface area contributed by atoms with E-state index in [-0.39, 0.29) is 31.6 Å². The SMILES string of the molecule is CC[C@H](C)[C@H](NC(=O)[C@H](CCC(N)=O)NC(=O)[C@@H]1CCCN1)C(=O)N[C@H](C(=O)N[C@@H](CC(C)C)C(=O)N[C@@H](Cc1c[nH]c2ccccc12)C(=O)N[C@@H](CCC(N)=O)C(=O)N[C@@H](CC(=O)O)C(=O)N[C@@H](CC(=O)O)C(=O)O)[C@@H](C)O. The maximum Gasteiger partial charge on any atom is 0.326 e. The van der Waals surface area contributed by atoms with Crippen LogP contribution in [0.25, 0.3) is 10.9 Å². The maximum absolute atomic E-state index is 14.5. The molecule has 0 aliphatic carbocycles. The smallest absolute Gasteiger partial charge is 0.326 e. The molecule has 1 aliphatic heterocycles. The van der Waals surface area contributed by atoms with Gasteiger partial charge in [0.15, 0.2) is 0 Å². The highest BCUT2D eigenvalue weighted by atomic mass is 16.4. The van der Waals surface area contributed by atoms with Crippen LogP contribution in [-0.2, 0) is 68.7 Å². The summed E-state index contributed by atoms with van der Waals surface area (Å²) >= 11 is 0. The van der Waals surface area contributed by atoms with Gasteiger partial charge in [-0.25, -0.2) is 4.79 Å². The topological polar surface area (TPSA) is 479 Å². The quantitative estimate of drug-likeness (QED) is 0.0322. The number of hydrogen-bond acceptors (Lipinski definition) is 15. The van der Waals surface area contributed by atoms with Gasteiger partial charge < -0.3 is 84.7 Å². The molecule has 18 N–H and O–H groups in total. The number of nitrogens with one attached hydrogen (secondary N) is 10. The molecular formula is C50H74N12O17. The predicted molar refractivity (Wildman–Crippen MR) is 278 cm³/mol. The van der Waals surface area contributed by atoms with Crippen LogP contribution >= 0.6 is 0 Å². The summed E-state index contributed by atoms with van der Waals surface area (Å²) in [5.41, 5.74) is 11.8. The number of carbonyl (C=O) groups is 13. The molecule has 436 valence electrons. The molecule has 1 aliphatic rings. The number of para-hydroxylation sites is 1. The first kappa shape index (κ1) is 65.1. The number of H-pyrrole nitrogens is 1. The third-order valence-electron chi connectivity index (χ3n) is 12.9. The van der Waals surface area contributed by atoms with Gasteiger partial charge in [-0.2, -0.15) is 0 Å². The number of aliphatic hydroxyl groups excluding tert-OH is 1. The Kier molecular flexibility index (Phi) is 25.7. The number of benzene rings is 1. The Morgan fingerprint density at radius 1 is 0.608 bits per heavy atom. The van der Waals surface area contributed by atoms with Crippen LogP contribution in [0.4, 0.5) is 0 Å². The van der Waals surface area contributed by atoms with E-state index >= 15 is 0 Å².